The summed E-state index contributed by atoms with van der Waals surface area (Å²) in [6.07, 6.45) is 4.57. The highest BCUT2D eigenvalue weighted by Crippen LogP contribution is 2.23. The summed E-state index contributed by atoms with van der Waals surface area (Å²) in [4.78, 5) is 6.09. The van der Waals surface area contributed by atoms with Crippen LogP contribution in [0.15, 0.2) is 69.9 Å². The lowest BCUT2D eigenvalue weighted by atomic mass is 10.1. The van der Waals surface area contributed by atoms with Crippen LogP contribution in [0.25, 0.3) is 0 Å². The molecule has 3 heteroatoms. The highest BCUT2D eigenvalue weighted by Gasteiger charge is 2.00. The highest BCUT2D eigenvalue weighted by atomic mass is 32.2. The Kier molecular flexibility index (Phi) is 8.20. The monoisotopic (exact) mass is 355 g/mol. The first kappa shape index (κ1) is 18.9. The number of aliphatic imine (C=N–C) groups is 1. The second-order valence-corrected chi connectivity index (χ2v) is 7.75. The molecule has 0 amide bonds. The maximum atomic E-state index is 4.84. The number of aryl methyl sites for hydroxylation is 2. The van der Waals surface area contributed by atoms with E-state index in [1.54, 1.807) is 11.8 Å². The molecule has 0 saturated heterocycles. The van der Waals surface area contributed by atoms with Crippen LogP contribution in [-0.2, 0) is 0 Å². The minimum Gasteiger partial charge on any atom is -0.242 e. The van der Waals surface area contributed by atoms with Crippen molar-refractivity contribution in [1.82, 2.24) is 0 Å². The SMILES string of the molecule is CCCCSC(C=CSc1ccccc1)=Nc1ccc(C)c(C)c1. The van der Waals surface area contributed by atoms with Crippen molar-refractivity contribution < 1.29 is 0 Å². The highest BCUT2D eigenvalue weighted by molar-refractivity contribution is 8.14. The van der Waals surface area contributed by atoms with Crippen LogP contribution in [0, 0.1) is 13.8 Å². The summed E-state index contributed by atoms with van der Waals surface area (Å²) >= 11 is 3.57. The van der Waals surface area contributed by atoms with E-state index in [1.807, 2.05) is 17.8 Å². The van der Waals surface area contributed by atoms with Crippen LogP contribution in [0.3, 0.4) is 0 Å². The lowest BCUT2D eigenvalue weighted by Crippen LogP contribution is -1.90. The molecule has 0 spiro atoms. The number of rotatable bonds is 7. The van der Waals surface area contributed by atoms with Crippen molar-refractivity contribution in [2.75, 3.05) is 5.75 Å². The molecule has 0 aliphatic carbocycles. The quantitative estimate of drug-likeness (QED) is 0.226. The van der Waals surface area contributed by atoms with Gasteiger partial charge in [0.25, 0.3) is 0 Å². The molecule has 2 rings (SSSR count). The molecular formula is C21H25NS2. The van der Waals surface area contributed by atoms with Crippen molar-refractivity contribution in [3.63, 3.8) is 0 Å². The minimum atomic E-state index is 1.03. The van der Waals surface area contributed by atoms with Crippen LogP contribution in [0.4, 0.5) is 5.69 Å². The maximum absolute atomic E-state index is 4.84. The molecular weight excluding hydrogens is 330 g/mol. The molecule has 0 atom stereocenters. The Bertz CT molecular complexity index is 690. The molecule has 1 nitrogen and oxygen atoms in total. The summed E-state index contributed by atoms with van der Waals surface area (Å²) < 4.78 is 0. The zero-order valence-electron chi connectivity index (χ0n) is 14.7. The molecule has 0 unspecified atom stereocenters. The zero-order valence-corrected chi connectivity index (χ0v) is 16.3. The van der Waals surface area contributed by atoms with Crippen LogP contribution >= 0.6 is 23.5 Å². The average molecular weight is 356 g/mol. The Morgan fingerprint density at radius 2 is 1.83 bits per heavy atom. The first-order chi connectivity index (χ1) is 11.7. The number of hydrogen-bond donors (Lipinski definition) is 0. The van der Waals surface area contributed by atoms with E-state index in [9.17, 15) is 0 Å². The first-order valence-corrected chi connectivity index (χ1v) is 10.2. The van der Waals surface area contributed by atoms with E-state index in [1.165, 1.54) is 28.9 Å². The van der Waals surface area contributed by atoms with E-state index in [0.717, 1.165) is 16.5 Å². The smallest absolute Gasteiger partial charge is 0.0972 e. The van der Waals surface area contributed by atoms with Crippen LogP contribution in [0.1, 0.15) is 30.9 Å². The van der Waals surface area contributed by atoms with Crippen LogP contribution in [0.2, 0.25) is 0 Å². The van der Waals surface area contributed by atoms with Crippen molar-refractivity contribution in [3.05, 3.63) is 71.1 Å². The Hall–Kier alpha value is -1.45. The van der Waals surface area contributed by atoms with Gasteiger partial charge < -0.3 is 0 Å². The molecule has 0 heterocycles. The predicted molar refractivity (Wildman–Crippen MR) is 112 cm³/mol. The van der Waals surface area contributed by atoms with Crippen molar-refractivity contribution in [2.24, 2.45) is 4.99 Å². The topological polar surface area (TPSA) is 12.4 Å². The van der Waals surface area contributed by atoms with Gasteiger partial charge in [-0.15, -0.1) is 11.8 Å². The van der Waals surface area contributed by atoms with Gasteiger partial charge in [0.15, 0.2) is 0 Å². The molecule has 0 aliphatic rings. The molecule has 2 aromatic carbocycles. The fourth-order valence-electron chi connectivity index (χ4n) is 2.03. The van der Waals surface area contributed by atoms with Gasteiger partial charge in [-0.25, -0.2) is 4.99 Å². The van der Waals surface area contributed by atoms with Gasteiger partial charge in [-0.2, -0.15) is 0 Å². The third-order valence-electron chi connectivity index (χ3n) is 3.64. The molecule has 0 radical (unpaired) electrons. The zero-order chi connectivity index (χ0) is 17.2. The summed E-state index contributed by atoms with van der Waals surface area (Å²) in [6, 6.07) is 16.8. The molecule has 0 fully saturated rings. The molecule has 2 aromatic rings. The molecule has 0 aromatic heterocycles. The lowest BCUT2D eigenvalue weighted by Gasteiger charge is -2.04. The summed E-state index contributed by atoms with van der Waals surface area (Å²) in [7, 11) is 0. The van der Waals surface area contributed by atoms with Gasteiger partial charge in [0.05, 0.1) is 10.7 Å². The van der Waals surface area contributed by atoms with Gasteiger partial charge in [-0.1, -0.05) is 49.4 Å². The summed E-state index contributed by atoms with van der Waals surface area (Å²) in [5.74, 6) is 1.11. The normalized spacial score (nSPS) is 12.0. The number of benzene rings is 2. The molecule has 24 heavy (non-hydrogen) atoms. The number of thioether (sulfide) groups is 2. The number of hydrogen-bond acceptors (Lipinski definition) is 3. The predicted octanol–water partition coefficient (Wildman–Crippen LogP) is 7.17. The van der Waals surface area contributed by atoms with E-state index in [-0.39, 0.29) is 0 Å². The molecule has 0 saturated carbocycles. The average Bonchev–Trinajstić information content (AvgIpc) is 2.59. The van der Waals surface area contributed by atoms with Crippen LogP contribution in [-0.4, -0.2) is 10.8 Å². The third-order valence-corrected chi connectivity index (χ3v) is 5.47. The van der Waals surface area contributed by atoms with Crippen molar-refractivity contribution >= 4 is 34.3 Å². The van der Waals surface area contributed by atoms with Gasteiger partial charge in [0.1, 0.15) is 0 Å². The standard InChI is InChI=1S/C21H25NS2/c1-4-5-14-24-21(13-15-23-20-9-7-6-8-10-20)22-19-12-11-17(2)18(3)16-19/h6-13,15-16H,4-5,14H2,1-3H3. The summed E-state index contributed by atoms with van der Waals surface area (Å²) in [5, 5.41) is 3.21. The van der Waals surface area contributed by atoms with Crippen molar-refractivity contribution in [3.8, 4) is 0 Å². The van der Waals surface area contributed by atoms with Gasteiger partial charge in [-0.05, 0) is 72.9 Å². The minimum absolute atomic E-state index is 1.03. The molecule has 0 bridgehead atoms. The summed E-state index contributed by atoms with van der Waals surface area (Å²) in [6.45, 7) is 6.50. The van der Waals surface area contributed by atoms with Crippen LogP contribution < -0.4 is 0 Å². The Morgan fingerprint density at radius 1 is 1.04 bits per heavy atom. The fraction of sp³-hybridized carbons (Fsp3) is 0.286. The maximum Gasteiger partial charge on any atom is 0.0972 e. The Morgan fingerprint density at radius 3 is 2.54 bits per heavy atom. The van der Waals surface area contributed by atoms with E-state index in [4.69, 9.17) is 4.99 Å². The number of unbranched alkanes of at least 4 members (excludes halogenated alkanes) is 1. The Labute approximate surface area is 154 Å². The van der Waals surface area contributed by atoms with E-state index < -0.39 is 0 Å². The van der Waals surface area contributed by atoms with Crippen LogP contribution in [0.5, 0.6) is 0 Å². The molecule has 0 N–H and O–H groups in total. The van der Waals surface area contributed by atoms with Crippen molar-refractivity contribution in [2.45, 2.75) is 38.5 Å². The van der Waals surface area contributed by atoms with Gasteiger partial charge >= 0.3 is 0 Å². The Balaban J connectivity index is 2.10. The van der Waals surface area contributed by atoms with Gasteiger partial charge in [-0.3, -0.25) is 0 Å². The van der Waals surface area contributed by atoms with E-state index in [0.29, 0.717) is 0 Å². The van der Waals surface area contributed by atoms with E-state index >= 15 is 0 Å². The van der Waals surface area contributed by atoms with Crippen molar-refractivity contribution in [1.29, 1.82) is 0 Å². The second-order valence-electron chi connectivity index (χ2n) is 5.65. The fourth-order valence-corrected chi connectivity index (χ4v) is 3.76. The first-order valence-electron chi connectivity index (χ1n) is 8.36. The summed E-state index contributed by atoms with van der Waals surface area (Å²) in [5.41, 5.74) is 3.63. The number of nitrogens with zero attached hydrogens (tertiary/aromatic N) is 1. The van der Waals surface area contributed by atoms with E-state index in [2.05, 4.69) is 74.7 Å². The lowest BCUT2D eigenvalue weighted by molar-refractivity contribution is 0.898. The largest absolute Gasteiger partial charge is 0.242 e. The third kappa shape index (κ3) is 6.58. The van der Waals surface area contributed by atoms with Gasteiger partial charge in [0, 0.05) is 4.90 Å². The molecule has 0 aliphatic heterocycles. The second kappa shape index (κ2) is 10.4. The van der Waals surface area contributed by atoms with Gasteiger partial charge in [0.2, 0.25) is 0 Å². The molecule has 126 valence electrons.